The third-order valence-electron chi connectivity index (χ3n) is 6.01. The molecule has 0 aliphatic carbocycles. The SMILES string of the molecule is CC(C)(C)c1ccc(OC[C@@H](O)CN2CC3(CCNCC3)CCC2=O)cc1. The van der Waals surface area contributed by atoms with Crippen molar-refractivity contribution in [2.75, 3.05) is 32.8 Å². The predicted octanol–water partition coefficient (Wildman–Crippen LogP) is 2.72. The molecule has 2 N–H and O–H groups in total. The Morgan fingerprint density at radius 3 is 2.48 bits per heavy atom. The summed E-state index contributed by atoms with van der Waals surface area (Å²) in [5, 5.41) is 13.8. The van der Waals surface area contributed by atoms with Crippen molar-refractivity contribution in [3.63, 3.8) is 0 Å². The first-order chi connectivity index (χ1) is 12.8. The van der Waals surface area contributed by atoms with Crippen molar-refractivity contribution in [3.8, 4) is 5.75 Å². The highest BCUT2D eigenvalue weighted by Crippen LogP contribution is 2.38. The van der Waals surface area contributed by atoms with Crippen molar-refractivity contribution < 1.29 is 14.6 Å². The standard InChI is InChI=1S/C22H34N2O3/c1-21(2,3)17-4-6-19(7-5-17)27-15-18(25)14-24-16-22(9-8-20(24)26)10-12-23-13-11-22/h4-7,18,23,25H,8-16H2,1-3H3/t18-/m0/s1. The van der Waals surface area contributed by atoms with Gasteiger partial charge >= 0.3 is 0 Å². The van der Waals surface area contributed by atoms with E-state index in [0.29, 0.717) is 13.0 Å². The molecule has 2 fully saturated rings. The van der Waals surface area contributed by atoms with Crippen LogP contribution in [0.25, 0.3) is 0 Å². The number of hydrogen-bond acceptors (Lipinski definition) is 4. The van der Waals surface area contributed by atoms with Crippen LogP contribution >= 0.6 is 0 Å². The van der Waals surface area contributed by atoms with Gasteiger partial charge in [-0.1, -0.05) is 32.9 Å². The number of likely N-dealkylation sites (tertiary alicyclic amines) is 1. The number of carbonyl (C=O) groups is 1. The van der Waals surface area contributed by atoms with Crippen LogP contribution in [0.15, 0.2) is 24.3 Å². The summed E-state index contributed by atoms with van der Waals surface area (Å²) >= 11 is 0. The summed E-state index contributed by atoms with van der Waals surface area (Å²) in [6.45, 7) is 9.91. The normalized spacial score (nSPS) is 21.3. The lowest BCUT2D eigenvalue weighted by atomic mass is 9.72. The van der Waals surface area contributed by atoms with E-state index in [9.17, 15) is 9.90 Å². The third-order valence-corrected chi connectivity index (χ3v) is 6.01. The molecular weight excluding hydrogens is 340 g/mol. The lowest BCUT2D eigenvalue weighted by Gasteiger charge is -2.45. The fourth-order valence-corrected chi connectivity index (χ4v) is 4.18. The van der Waals surface area contributed by atoms with Gasteiger partial charge < -0.3 is 20.1 Å². The zero-order valence-corrected chi connectivity index (χ0v) is 17.0. The summed E-state index contributed by atoms with van der Waals surface area (Å²) in [5.74, 6) is 0.912. The Hall–Kier alpha value is -1.59. The number of carbonyl (C=O) groups excluding carboxylic acids is 1. The summed E-state index contributed by atoms with van der Waals surface area (Å²) in [7, 11) is 0. The molecule has 1 aromatic carbocycles. The van der Waals surface area contributed by atoms with E-state index in [1.165, 1.54) is 5.56 Å². The Bertz CT molecular complexity index is 630. The van der Waals surface area contributed by atoms with Crippen LogP contribution < -0.4 is 10.1 Å². The number of β-amino-alcohol motifs (C(OH)–C–C–N with tert-alkyl or cyclic N) is 1. The fraction of sp³-hybridized carbons (Fsp3) is 0.682. The highest BCUT2D eigenvalue weighted by molar-refractivity contribution is 5.77. The van der Waals surface area contributed by atoms with Gasteiger partial charge in [0.1, 0.15) is 18.5 Å². The number of amides is 1. The van der Waals surface area contributed by atoms with Gasteiger partial charge in [0.25, 0.3) is 0 Å². The van der Waals surface area contributed by atoms with Gasteiger partial charge in [0, 0.05) is 19.5 Å². The van der Waals surface area contributed by atoms with Crippen LogP contribution in [0.1, 0.15) is 52.0 Å². The summed E-state index contributed by atoms with van der Waals surface area (Å²) < 4.78 is 5.75. The van der Waals surface area contributed by atoms with Crippen LogP contribution in [-0.2, 0) is 10.2 Å². The summed E-state index contributed by atoms with van der Waals surface area (Å²) in [5.41, 5.74) is 1.60. The monoisotopic (exact) mass is 374 g/mol. The molecule has 2 aliphatic rings. The zero-order chi connectivity index (χ0) is 19.5. The maximum Gasteiger partial charge on any atom is 0.222 e. The number of ether oxygens (including phenoxy) is 1. The molecule has 27 heavy (non-hydrogen) atoms. The van der Waals surface area contributed by atoms with E-state index in [4.69, 9.17) is 4.74 Å². The number of rotatable bonds is 5. The third kappa shape index (κ3) is 5.23. The Morgan fingerprint density at radius 2 is 1.85 bits per heavy atom. The molecule has 1 atom stereocenters. The van der Waals surface area contributed by atoms with Crippen LogP contribution in [-0.4, -0.2) is 54.8 Å². The van der Waals surface area contributed by atoms with E-state index in [0.717, 1.165) is 44.6 Å². The number of piperidine rings is 2. The van der Waals surface area contributed by atoms with Gasteiger partial charge in [-0.15, -0.1) is 0 Å². The molecule has 5 nitrogen and oxygen atoms in total. The average molecular weight is 375 g/mol. The van der Waals surface area contributed by atoms with Crippen molar-refractivity contribution in [3.05, 3.63) is 29.8 Å². The lowest BCUT2D eigenvalue weighted by Crippen LogP contribution is -2.52. The molecule has 5 heteroatoms. The molecule has 0 radical (unpaired) electrons. The van der Waals surface area contributed by atoms with Crippen molar-refractivity contribution in [1.82, 2.24) is 10.2 Å². The van der Waals surface area contributed by atoms with E-state index in [1.54, 1.807) is 0 Å². The van der Waals surface area contributed by atoms with Gasteiger partial charge in [-0.25, -0.2) is 0 Å². The molecular formula is C22H34N2O3. The number of nitrogens with zero attached hydrogens (tertiary/aromatic N) is 1. The second-order valence-electron chi connectivity index (χ2n) is 9.26. The van der Waals surface area contributed by atoms with Gasteiger partial charge in [-0.3, -0.25) is 4.79 Å². The summed E-state index contributed by atoms with van der Waals surface area (Å²) in [6.07, 6.45) is 3.14. The molecule has 0 unspecified atom stereocenters. The topological polar surface area (TPSA) is 61.8 Å². The van der Waals surface area contributed by atoms with Crippen molar-refractivity contribution in [2.45, 2.75) is 58.0 Å². The fourth-order valence-electron chi connectivity index (χ4n) is 4.18. The van der Waals surface area contributed by atoms with Crippen LogP contribution in [0.5, 0.6) is 5.75 Å². The van der Waals surface area contributed by atoms with Crippen LogP contribution in [0, 0.1) is 5.41 Å². The predicted molar refractivity (Wildman–Crippen MR) is 107 cm³/mol. The van der Waals surface area contributed by atoms with Crippen molar-refractivity contribution in [1.29, 1.82) is 0 Å². The van der Waals surface area contributed by atoms with E-state index >= 15 is 0 Å². The minimum absolute atomic E-state index is 0.108. The largest absolute Gasteiger partial charge is 0.491 e. The van der Waals surface area contributed by atoms with Gasteiger partial charge in [0.05, 0.1) is 0 Å². The molecule has 1 spiro atoms. The number of aliphatic hydroxyl groups excluding tert-OH is 1. The van der Waals surface area contributed by atoms with Gasteiger partial charge in [-0.2, -0.15) is 0 Å². The molecule has 150 valence electrons. The molecule has 1 aromatic rings. The van der Waals surface area contributed by atoms with Crippen molar-refractivity contribution >= 4 is 5.91 Å². The Kier molecular flexibility index (Phi) is 6.11. The Balaban J connectivity index is 1.50. The molecule has 2 saturated heterocycles. The molecule has 0 aromatic heterocycles. The first kappa shape index (κ1) is 20.2. The maximum absolute atomic E-state index is 12.3. The first-order valence-electron chi connectivity index (χ1n) is 10.2. The summed E-state index contributed by atoms with van der Waals surface area (Å²) in [6, 6.07) is 8.03. The molecule has 1 amide bonds. The van der Waals surface area contributed by atoms with Crippen LogP contribution in [0.4, 0.5) is 0 Å². The van der Waals surface area contributed by atoms with E-state index in [1.807, 2.05) is 17.0 Å². The second kappa shape index (κ2) is 8.19. The van der Waals surface area contributed by atoms with Gasteiger partial charge in [0.2, 0.25) is 5.91 Å². The van der Waals surface area contributed by atoms with Crippen LogP contribution in [0.2, 0.25) is 0 Å². The Labute approximate surface area is 163 Å². The molecule has 2 heterocycles. The minimum atomic E-state index is -0.673. The average Bonchev–Trinajstić information content (AvgIpc) is 2.64. The smallest absolute Gasteiger partial charge is 0.222 e. The number of nitrogens with one attached hydrogen (secondary N) is 1. The van der Waals surface area contributed by atoms with E-state index in [-0.39, 0.29) is 23.3 Å². The maximum atomic E-state index is 12.3. The number of aliphatic hydroxyl groups is 1. The summed E-state index contributed by atoms with van der Waals surface area (Å²) in [4.78, 5) is 14.2. The van der Waals surface area contributed by atoms with Gasteiger partial charge in [0.15, 0.2) is 0 Å². The number of hydrogen-bond donors (Lipinski definition) is 2. The molecule has 0 saturated carbocycles. The molecule has 0 bridgehead atoms. The molecule has 3 rings (SSSR count). The van der Waals surface area contributed by atoms with Gasteiger partial charge in [-0.05, 0) is 60.9 Å². The van der Waals surface area contributed by atoms with Crippen molar-refractivity contribution in [2.24, 2.45) is 5.41 Å². The number of benzene rings is 1. The van der Waals surface area contributed by atoms with Crippen LogP contribution in [0.3, 0.4) is 0 Å². The quantitative estimate of drug-likeness (QED) is 0.832. The highest BCUT2D eigenvalue weighted by atomic mass is 16.5. The van der Waals surface area contributed by atoms with E-state index < -0.39 is 6.10 Å². The molecule has 2 aliphatic heterocycles. The first-order valence-corrected chi connectivity index (χ1v) is 10.2. The Morgan fingerprint density at radius 1 is 1.19 bits per heavy atom. The van der Waals surface area contributed by atoms with E-state index in [2.05, 4.69) is 38.2 Å². The second-order valence-corrected chi connectivity index (χ2v) is 9.26. The minimum Gasteiger partial charge on any atom is -0.491 e. The zero-order valence-electron chi connectivity index (χ0n) is 17.0. The highest BCUT2D eigenvalue weighted by Gasteiger charge is 2.39. The lowest BCUT2D eigenvalue weighted by molar-refractivity contribution is -0.140.